The van der Waals surface area contributed by atoms with Crippen LogP contribution in [0, 0.1) is 13.8 Å². The molecule has 2 nitrogen and oxygen atoms in total. The van der Waals surface area contributed by atoms with Crippen LogP contribution >= 0.6 is 0 Å². The van der Waals surface area contributed by atoms with Gasteiger partial charge in [0.2, 0.25) is 0 Å². The summed E-state index contributed by atoms with van der Waals surface area (Å²) in [6.45, 7) is 7.12. The highest BCUT2D eigenvalue weighted by molar-refractivity contribution is 5.35. The lowest BCUT2D eigenvalue weighted by Gasteiger charge is -2.17. The minimum atomic E-state index is 0.449. The molecule has 1 aromatic carbocycles. The molecule has 0 saturated carbocycles. The van der Waals surface area contributed by atoms with E-state index >= 15 is 0 Å². The summed E-state index contributed by atoms with van der Waals surface area (Å²) in [5.41, 5.74) is 2.45. The van der Waals surface area contributed by atoms with Crippen LogP contribution in [0.15, 0.2) is 18.2 Å². The number of likely N-dealkylation sites (N-methyl/N-ethyl adjacent to an activating group) is 1. The maximum Gasteiger partial charge on any atom is 0.122 e. The van der Waals surface area contributed by atoms with Gasteiger partial charge in [0, 0.05) is 6.04 Å². The van der Waals surface area contributed by atoms with E-state index in [0.717, 1.165) is 18.8 Å². The monoisotopic (exact) mass is 221 g/mol. The summed E-state index contributed by atoms with van der Waals surface area (Å²) in [5.74, 6) is 1.01. The number of hydrogen-bond donors (Lipinski definition) is 1. The Kier molecular flexibility index (Phi) is 5.33. The molecule has 90 valence electrons. The number of hydrogen-bond acceptors (Lipinski definition) is 2. The van der Waals surface area contributed by atoms with Gasteiger partial charge in [0.1, 0.15) is 12.4 Å². The molecule has 1 aromatic rings. The molecule has 0 aliphatic rings. The van der Waals surface area contributed by atoms with Crippen molar-refractivity contribution in [2.24, 2.45) is 0 Å². The Morgan fingerprint density at radius 2 is 2.06 bits per heavy atom. The van der Waals surface area contributed by atoms with Crippen LogP contribution < -0.4 is 10.1 Å². The van der Waals surface area contributed by atoms with E-state index in [1.807, 2.05) is 7.05 Å². The van der Waals surface area contributed by atoms with Crippen LogP contribution in [0.25, 0.3) is 0 Å². The zero-order valence-electron chi connectivity index (χ0n) is 10.8. The van der Waals surface area contributed by atoms with Crippen LogP contribution in [0.2, 0.25) is 0 Å². The maximum absolute atomic E-state index is 5.86. The average molecular weight is 221 g/mol. The third-order valence-electron chi connectivity index (χ3n) is 2.83. The fraction of sp³-hybridized carbons (Fsp3) is 0.571. The number of nitrogens with one attached hydrogen (secondary N) is 1. The van der Waals surface area contributed by atoms with Gasteiger partial charge in [-0.15, -0.1) is 0 Å². The zero-order chi connectivity index (χ0) is 12.0. The smallest absolute Gasteiger partial charge is 0.122 e. The molecular weight excluding hydrogens is 198 g/mol. The maximum atomic E-state index is 5.86. The molecule has 0 fully saturated rings. The van der Waals surface area contributed by atoms with Crippen molar-refractivity contribution >= 4 is 0 Å². The van der Waals surface area contributed by atoms with Crippen molar-refractivity contribution in [1.29, 1.82) is 0 Å². The van der Waals surface area contributed by atoms with Crippen molar-refractivity contribution in [2.75, 3.05) is 13.7 Å². The fourth-order valence-corrected chi connectivity index (χ4v) is 1.71. The van der Waals surface area contributed by atoms with E-state index in [0.29, 0.717) is 6.04 Å². The van der Waals surface area contributed by atoms with Gasteiger partial charge in [0.15, 0.2) is 0 Å². The van der Waals surface area contributed by atoms with Crippen molar-refractivity contribution in [2.45, 2.75) is 39.7 Å². The quantitative estimate of drug-likeness (QED) is 0.797. The molecule has 0 aliphatic heterocycles. The van der Waals surface area contributed by atoms with Crippen molar-refractivity contribution in [3.05, 3.63) is 29.3 Å². The summed E-state index contributed by atoms with van der Waals surface area (Å²) in [4.78, 5) is 0. The van der Waals surface area contributed by atoms with Crippen LogP contribution in [-0.4, -0.2) is 19.7 Å². The summed E-state index contributed by atoms with van der Waals surface area (Å²) in [6, 6.07) is 6.78. The van der Waals surface area contributed by atoms with Crippen molar-refractivity contribution in [3.63, 3.8) is 0 Å². The van der Waals surface area contributed by atoms with E-state index in [4.69, 9.17) is 4.74 Å². The molecule has 0 saturated heterocycles. The van der Waals surface area contributed by atoms with Gasteiger partial charge in [0.25, 0.3) is 0 Å². The molecular formula is C14H23NO. The lowest BCUT2D eigenvalue weighted by atomic mass is 10.1. The third kappa shape index (κ3) is 3.86. The summed E-state index contributed by atoms with van der Waals surface area (Å²) in [5, 5.41) is 3.28. The molecule has 1 N–H and O–H groups in total. The molecule has 0 radical (unpaired) electrons. The Morgan fingerprint density at radius 1 is 1.31 bits per heavy atom. The molecule has 1 atom stereocenters. The second kappa shape index (κ2) is 6.54. The summed E-state index contributed by atoms with van der Waals surface area (Å²) in [6.07, 6.45) is 2.34. The molecule has 0 bridgehead atoms. The number of benzene rings is 1. The number of rotatable bonds is 6. The molecule has 0 spiro atoms. The van der Waals surface area contributed by atoms with E-state index in [-0.39, 0.29) is 0 Å². The number of ether oxygens (including phenoxy) is 1. The largest absolute Gasteiger partial charge is 0.492 e. The Hall–Kier alpha value is -1.02. The van der Waals surface area contributed by atoms with Crippen LogP contribution in [0.5, 0.6) is 5.75 Å². The highest BCUT2D eigenvalue weighted by Gasteiger charge is 2.06. The summed E-state index contributed by atoms with van der Waals surface area (Å²) < 4.78 is 5.86. The Bertz CT molecular complexity index is 323. The lowest BCUT2D eigenvalue weighted by molar-refractivity contribution is 0.261. The van der Waals surface area contributed by atoms with Crippen LogP contribution in [0.1, 0.15) is 30.9 Å². The first-order valence-electron chi connectivity index (χ1n) is 6.04. The molecule has 2 heteroatoms. The highest BCUT2D eigenvalue weighted by atomic mass is 16.5. The fourth-order valence-electron chi connectivity index (χ4n) is 1.71. The normalized spacial score (nSPS) is 12.5. The number of aryl methyl sites for hydroxylation is 2. The van der Waals surface area contributed by atoms with E-state index in [1.165, 1.54) is 17.5 Å². The van der Waals surface area contributed by atoms with Gasteiger partial charge in [-0.05, 0) is 44.5 Å². The minimum absolute atomic E-state index is 0.449. The molecule has 16 heavy (non-hydrogen) atoms. The molecule has 0 aromatic heterocycles. The molecule has 1 rings (SSSR count). The van der Waals surface area contributed by atoms with Gasteiger partial charge < -0.3 is 10.1 Å². The first-order chi connectivity index (χ1) is 7.67. The van der Waals surface area contributed by atoms with E-state index in [1.54, 1.807) is 0 Å². The van der Waals surface area contributed by atoms with E-state index in [2.05, 4.69) is 44.3 Å². The third-order valence-corrected chi connectivity index (χ3v) is 2.83. The molecule has 0 heterocycles. The SMILES string of the molecule is CCCC(COc1cc(C)ccc1C)NC. The average Bonchev–Trinajstić information content (AvgIpc) is 2.28. The van der Waals surface area contributed by atoms with Gasteiger partial charge in [-0.25, -0.2) is 0 Å². The molecule has 0 amide bonds. The zero-order valence-corrected chi connectivity index (χ0v) is 10.8. The van der Waals surface area contributed by atoms with Gasteiger partial charge >= 0.3 is 0 Å². The minimum Gasteiger partial charge on any atom is -0.492 e. The summed E-state index contributed by atoms with van der Waals surface area (Å²) >= 11 is 0. The van der Waals surface area contributed by atoms with Gasteiger partial charge in [-0.2, -0.15) is 0 Å². The van der Waals surface area contributed by atoms with E-state index < -0.39 is 0 Å². The van der Waals surface area contributed by atoms with Crippen LogP contribution in [-0.2, 0) is 0 Å². The van der Waals surface area contributed by atoms with Crippen LogP contribution in [0.3, 0.4) is 0 Å². The van der Waals surface area contributed by atoms with Gasteiger partial charge in [-0.3, -0.25) is 0 Å². The van der Waals surface area contributed by atoms with Gasteiger partial charge in [0.05, 0.1) is 0 Å². The predicted molar refractivity (Wildman–Crippen MR) is 69.2 cm³/mol. The standard InChI is InChI=1S/C14H23NO/c1-5-6-13(15-4)10-16-14-9-11(2)7-8-12(14)3/h7-9,13,15H,5-6,10H2,1-4H3. The Morgan fingerprint density at radius 3 is 2.69 bits per heavy atom. The topological polar surface area (TPSA) is 21.3 Å². The van der Waals surface area contributed by atoms with Crippen LogP contribution in [0.4, 0.5) is 0 Å². The Balaban J connectivity index is 2.55. The lowest BCUT2D eigenvalue weighted by Crippen LogP contribution is -2.31. The van der Waals surface area contributed by atoms with E-state index in [9.17, 15) is 0 Å². The summed E-state index contributed by atoms with van der Waals surface area (Å²) in [7, 11) is 1.99. The first kappa shape index (κ1) is 13.0. The first-order valence-corrected chi connectivity index (χ1v) is 6.04. The predicted octanol–water partition coefficient (Wildman–Crippen LogP) is 3.07. The molecule has 1 unspecified atom stereocenters. The van der Waals surface area contributed by atoms with Crippen molar-refractivity contribution in [3.8, 4) is 5.75 Å². The second-order valence-electron chi connectivity index (χ2n) is 4.35. The second-order valence-corrected chi connectivity index (χ2v) is 4.35. The van der Waals surface area contributed by atoms with Crippen molar-refractivity contribution in [1.82, 2.24) is 5.32 Å². The van der Waals surface area contributed by atoms with Crippen molar-refractivity contribution < 1.29 is 4.74 Å². The highest BCUT2D eigenvalue weighted by Crippen LogP contribution is 2.19. The molecule has 0 aliphatic carbocycles. The van der Waals surface area contributed by atoms with Gasteiger partial charge in [-0.1, -0.05) is 25.5 Å². The Labute approximate surface area is 99.0 Å².